The van der Waals surface area contributed by atoms with E-state index in [9.17, 15) is 0 Å². The molecule has 0 saturated heterocycles. The SMILES string of the molecule is CCC1(CC)c2ccccc2-c2ccc(-c3nc4ccccc4n3-c3ccccc3)cc21.CCC1(CC)c2ccccc2-c2ccc(-c3nc4ccccc4n3-c3ccccc3)cc21.[Ir]. The molecule has 12 rings (SSSR count). The monoisotopic (exact) mass is 1020 g/mol. The largest absolute Gasteiger partial charge is 0.292 e. The van der Waals surface area contributed by atoms with Crippen molar-refractivity contribution in [1.82, 2.24) is 19.1 Å². The number of rotatable bonds is 8. The molecule has 0 atom stereocenters. The number of para-hydroxylation sites is 6. The first kappa shape index (κ1) is 42.3. The number of hydrogen-bond acceptors (Lipinski definition) is 2. The molecule has 65 heavy (non-hydrogen) atoms. The van der Waals surface area contributed by atoms with Crippen molar-refractivity contribution in [3.63, 3.8) is 0 Å². The molecule has 5 heteroatoms. The van der Waals surface area contributed by atoms with Gasteiger partial charge in [0.15, 0.2) is 0 Å². The van der Waals surface area contributed by atoms with E-state index in [2.05, 4.69) is 231 Å². The molecule has 4 nitrogen and oxygen atoms in total. The Labute approximate surface area is 396 Å². The minimum absolute atomic E-state index is 0. The van der Waals surface area contributed by atoms with E-state index in [-0.39, 0.29) is 30.9 Å². The summed E-state index contributed by atoms with van der Waals surface area (Å²) in [5, 5.41) is 0. The van der Waals surface area contributed by atoms with Gasteiger partial charge in [-0.05, 0) is 131 Å². The Morgan fingerprint density at radius 3 is 1.09 bits per heavy atom. The van der Waals surface area contributed by atoms with Crippen molar-refractivity contribution >= 4 is 22.1 Å². The predicted octanol–water partition coefficient (Wildman–Crippen LogP) is 15.6. The first-order valence-electron chi connectivity index (χ1n) is 23.1. The molecule has 2 aromatic heterocycles. The first-order chi connectivity index (χ1) is 31.5. The number of hydrogen-bond donors (Lipinski definition) is 0. The molecule has 0 amide bonds. The van der Waals surface area contributed by atoms with Crippen molar-refractivity contribution in [2.24, 2.45) is 0 Å². The van der Waals surface area contributed by atoms with Crippen LogP contribution in [0, 0.1) is 0 Å². The second-order valence-electron chi connectivity index (χ2n) is 17.4. The molecule has 0 N–H and O–H groups in total. The second-order valence-corrected chi connectivity index (χ2v) is 17.4. The van der Waals surface area contributed by atoms with Gasteiger partial charge < -0.3 is 0 Å². The summed E-state index contributed by atoms with van der Waals surface area (Å²) in [7, 11) is 0. The molecular formula is C60H52IrN4. The quantitative estimate of drug-likeness (QED) is 0.152. The van der Waals surface area contributed by atoms with E-state index in [4.69, 9.17) is 9.97 Å². The molecule has 2 heterocycles. The van der Waals surface area contributed by atoms with E-state index < -0.39 is 0 Å². The van der Waals surface area contributed by atoms with Gasteiger partial charge in [-0.15, -0.1) is 0 Å². The van der Waals surface area contributed by atoms with Crippen LogP contribution in [0.4, 0.5) is 0 Å². The van der Waals surface area contributed by atoms with E-state index in [1.54, 1.807) is 0 Å². The maximum atomic E-state index is 5.10. The van der Waals surface area contributed by atoms with Crippen molar-refractivity contribution < 1.29 is 20.1 Å². The standard InChI is InChI=1S/2C30H26N2.Ir/c2*1-3-30(4-2)25-15-9-8-14-23(25)24-19-18-21(20-26(24)30)29-31-27-16-10-11-17-28(27)32(29)22-12-6-5-7-13-22;/h2*5-20H,3-4H2,1-2H3;. The van der Waals surface area contributed by atoms with Crippen molar-refractivity contribution in [2.75, 3.05) is 0 Å². The molecule has 0 bridgehead atoms. The normalized spacial score (nSPS) is 13.6. The van der Waals surface area contributed by atoms with Crippen LogP contribution in [-0.2, 0) is 30.9 Å². The molecule has 0 unspecified atom stereocenters. The minimum atomic E-state index is 0. The Bertz CT molecular complexity index is 3110. The Balaban J connectivity index is 0.000000151. The van der Waals surface area contributed by atoms with Crippen molar-refractivity contribution in [3.8, 4) is 56.4 Å². The molecule has 10 aromatic rings. The van der Waals surface area contributed by atoms with Crippen LogP contribution in [0.3, 0.4) is 0 Å². The van der Waals surface area contributed by atoms with Gasteiger partial charge in [-0.25, -0.2) is 9.97 Å². The predicted molar refractivity (Wildman–Crippen MR) is 267 cm³/mol. The van der Waals surface area contributed by atoms with Crippen LogP contribution in [0.15, 0.2) is 194 Å². The Morgan fingerprint density at radius 1 is 0.354 bits per heavy atom. The Hall–Kier alpha value is -6.65. The molecule has 0 fully saturated rings. The molecule has 2 aliphatic rings. The molecule has 0 aliphatic heterocycles. The van der Waals surface area contributed by atoms with E-state index in [0.717, 1.165) is 70.8 Å². The van der Waals surface area contributed by atoms with Gasteiger partial charge in [-0.1, -0.05) is 161 Å². The summed E-state index contributed by atoms with van der Waals surface area (Å²) >= 11 is 0. The molecule has 0 saturated carbocycles. The third-order valence-electron chi connectivity index (χ3n) is 14.6. The van der Waals surface area contributed by atoms with Crippen molar-refractivity contribution in [2.45, 2.75) is 64.2 Å². The van der Waals surface area contributed by atoms with E-state index in [0.29, 0.717) is 0 Å². The summed E-state index contributed by atoms with van der Waals surface area (Å²) in [6.07, 6.45) is 4.36. The summed E-state index contributed by atoms with van der Waals surface area (Å²) in [6, 6.07) is 69.7. The minimum Gasteiger partial charge on any atom is -0.292 e. The van der Waals surface area contributed by atoms with Gasteiger partial charge in [0.2, 0.25) is 0 Å². The zero-order chi connectivity index (χ0) is 43.4. The molecule has 8 aromatic carbocycles. The van der Waals surface area contributed by atoms with Crippen LogP contribution in [-0.4, -0.2) is 19.1 Å². The van der Waals surface area contributed by atoms with Crippen LogP contribution < -0.4 is 0 Å². The first-order valence-corrected chi connectivity index (χ1v) is 23.1. The molecule has 0 spiro atoms. The third kappa shape index (κ3) is 6.58. The van der Waals surface area contributed by atoms with E-state index in [1.807, 2.05) is 0 Å². The summed E-state index contributed by atoms with van der Waals surface area (Å²) in [6.45, 7) is 9.28. The average molecular weight is 1020 g/mol. The summed E-state index contributed by atoms with van der Waals surface area (Å²) in [4.78, 5) is 10.2. The second kappa shape index (κ2) is 17.0. The van der Waals surface area contributed by atoms with Gasteiger partial charge >= 0.3 is 0 Å². The van der Waals surface area contributed by atoms with Gasteiger partial charge in [0, 0.05) is 53.4 Å². The molecule has 2 aliphatic carbocycles. The van der Waals surface area contributed by atoms with Gasteiger partial charge in [0.25, 0.3) is 0 Å². The number of nitrogens with zero attached hydrogens (tertiary/aromatic N) is 4. The van der Waals surface area contributed by atoms with Crippen LogP contribution >= 0.6 is 0 Å². The van der Waals surface area contributed by atoms with Gasteiger partial charge in [0.1, 0.15) is 11.6 Å². The van der Waals surface area contributed by atoms with Crippen LogP contribution in [0.2, 0.25) is 0 Å². The maximum absolute atomic E-state index is 5.10. The number of aromatic nitrogens is 4. The maximum Gasteiger partial charge on any atom is 0.145 e. The zero-order valence-corrected chi connectivity index (χ0v) is 39.8. The fourth-order valence-corrected chi connectivity index (χ4v) is 11.3. The fourth-order valence-electron chi connectivity index (χ4n) is 11.3. The smallest absolute Gasteiger partial charge is 0.145 e. The zero-order valence-electron chi connectivity index (χ0n) is 37.4. The molecule has 1 radical (unpaired) electrons. The molecule has 321 valence electrons. The van der Waals surface area contributed by atoms with Crippen molar-refractivity contribution in [3.05, 3.63) is 216 Å². The summed E-state index contributed by atoms with van der Waals surface area (Å²) < 4.78 is 4.58. The van der Waals surface area contributed by atoms with Crippen molar-refractivity contribution in [1.29, 1.82) is 0 Å². The summed E-state index contributed by atoms with van der Waals surface area (Å²) in [5.74, 6) is 1.99. The van der Waals surface area contributed by atoms with Crippen LogP contribution in [0.5, 0.6) is 0 Å². The van der Waals surface area contributed by atoms with Crippen LogP contribution in [0.25, 0.3) is 78.5 Å². The number of fused-ring (bicyclic) bond motifs is 8. The number of imidazole rings is 2. The van der Waals surface area contributed by atoms with Gasteiger partial charge in [-0.2, -0.15) is 0 Å². The van der Waals surface area contributed by atoms with E-state index >= 15 is 0 Å². The Kier molecular flexibility index (Phi) is 11.1. The topological polar surface area (TPSA) is 35.6 Å². The van der Waals surface area contributed by atoms with Gasteiger partial charge in [-0.3, -0.25) is 9.13 Å². The van der Waals surface area contributed by atoms with Crippen LogP contribution in [0.1, 0.15) is 75.6 Å². The molecular weight excluding hydrogens is 969 g/mol. The van der Waals surface area contributed by atoms with E-state index in [1.165, 1.54) is 55.6 Å². The third-order valence-corrected chi connectivity index (χ3v) is 14.6. The average Bonchev–Trinajstić information content (AvgIpc) is 4.10. The van der Waals surface area contributed by atoms with Gasteiger partial charge in [0.05, 0.1) is 22.1 Å². The fraction of sp³-hybridized carbons (Fsp3) is 0.167. The Morgan fingerprint density at radius 2 is 0.692 bits per heavy atom. The number of benzene rings is 8. The summed E-state index contributed by atoms with van der Waals surface area (Å²) in [5.41, 5.74) is 20.4.